The van der Waals surface area contributed by atoms with Crippen LogP contribution >= 0.6 is 0 Å². The van der Waals surface area contributed by atoms with Gasteiger partial charge in [0.1, 0.15) is 0 Å². The van der Waals surface area contributed by atoms with Crippen LogP contribution in [-0.4, -0.2) is 25.1 Å². The molecule has 0 aromatic rings. The van der Waals surface area contributed by atoms with Gasteiger partial charge < -0.3 is 22.7 Å². The van der Waals surface area contributed by atoms with Crippen molar-refractivity contribution < 1.29 is 56.1 Å². The molecule has 0 amide bonds. The van der Waals surface area contributed by atoms with Gasteiger partial charge in [-0.2, -0.15) is 0 Å². The molecule has 0 saturated carbocycles. The zero-order valence-corrected chi connectivity index (χ0v) is 10.6. The van der Waals surface area contributed by atoms with Crippen molar-refractivity contribution in [2.75, 3.05) is 20.3 Å². The summed E-state index contributed by atoms with van der Waals surface area (Å²) < 4.78 is 4.96. The van der Waals surface area contributed by atoms with Gasteiger partial charge in [0.25, 0.3) is 0 Å². The van der Waals surface area contributed by atoms with Gasteiger partial charge >= 0.3 is 51.4 Å². The van der Waals surface area contributed by atoms with E-state index in [2.05, 4.69) is 5.32 Å². The molecule has 4 heteroatoms. The topological polar surface area (TPSA) is 21.3 Å². The number of hydrogen-bond acceptors (Lipinski definition) is 3. The smallest absolute Gasteiger partial charge is 0.768 e. The molecule has 0 aromatic heterocycles. The minimum absolute atomic E-state index is 0. The molecule has 1 atom stereocenters. The van der Waals surface area contributed by atoms with Crippen LogP contribution in [0.1, 0.15) is 12.8 Å². The number of methoxy groups -OCH3 is 1. The summed E-state index contributed by atoms with van der Waals surface area (Å²) in [4.78, 5) is -0.144. The molecule has 1 saturated heterocycles. The summed E-state index contributed by atoms with van der Waals surface area (Å²) >= 11 is 5.23. The fourth-order valence-corrected chi connectivity index (χ4v) is 1.50. The van der Waals surface area contributed by atoms with E-state index in [0.29, 0.717) is 6.61 Å². The molecule has 10 heavy (non-hydrogen) atoms. The Kier molecular flexibility index (Phi) is 6.59. The van der Waals surface area contributed by atoms with E-state index in [1.54, 1.807) is 7.11 Å². The van der Waals surface area contributed by atoms with Crippen LogP contribution in [0, 0.1) is 0 Å². The third-order valence-electron chi connectivity index (χ3n) is 1.58. The fourth-order valence-electron chi connectivity index (χ4n) is 1.13. The van der Waals surface area contributed by atoms with Gasteiger partial charge in [-0.05, 0) is 13.0 Å². The Morgan fingerprint density at radius 3 is 2.80 bits per heavy atom. The van der Waals surface area contributed by atoms with E-state index in [9.17, 15) is 0 Å². The zero-order valence-electron chi connectivity index (χ0n) is 6.64. The van der Waals surface area contributed by atoms with Crippen LogP contribution < -0.4 is 56.7 Å². The van der Waals surface area contributed by atoms with Crippen molar-refractivity contribution in [2.45, 2.75) is 17.7 Å². The summed E-state index contributed by atoms with van der Waals surface area (Å²) in [6.45, 7) is 1.70. The van der Waals surface area contributed by atoms with Gasteiger partial charge in [-0.1, -0.05) is 11.3 Å². The van der Waals surface area contributed by atoms with Crippen molar-refractivity contribution in [2.24, 2.45) is 0 Å². The number of ether oxygens (including phenoxy) is 1. The minimum atomic E-state index is -0.144. The number of rotatable bonds is 2. The second-order valence-corrected chi connectivity index (χ2v) is 3.24. The van der Waals surface area contributed by atoms with Crippen LogP contribution in [0.25, 0.3) is 0 Å². The number of nitrogens with one attached hydrogen (secondary N) is 1. The summed E-state index contributed by atoms with van der Waals surface area (Å²) in [5.74, 6) is 0. The molecule has 2 nitrogen and oxygen atoms in total. The molecule has 0 radical (unpaired) electrons. The summed E-state index contributed by atoms with van der Waals surface area (Å²) in [6.07, 6.45) is 2.25. The van der Waals surface area contributed by atoms with Gasteiger partial charge in [-0.15, -0.1) is 0 Å². The molecule has 0 aliphatic carbocycles. The predicted octanol–water partition coefficient (Wildman–Crippen LogP) is -2.74. The molecular weight excluding hydrogens is 173 g/mol. The van der Waals surface area contributed by atoms with Crippen LogP contribution in [0.15, 0.2) is 0 Å². The maximum absolute atomic E-state index is 5.23. The SMILES string of the molecule is COC[C@]1([S-])CCCN1.[K+]. The van der Waals surface area contributed by atoms with Crippen LogP contribution in [0.2, 0.25) is 0 Å². The monoisotopic (exact) mass is 185 g/mol. The van der Waals surface area contributed by atoms with E-state index in [1.807, 2.05) is 0 Å². The molecule has 0 spiro atoms. The maximum Gasteiger partial charge on any atom is 1.00 e. The third kappa shape index (κ3) is 3.54. The van der Waals surface area contributed by atoms with E-state index in [0.717, 1.165) is 13.0 Å². The minimum Gasteiger partial charge on any atom is -0.768 e. The van der Waals surface area contributed by atoms with Crippen molar-refractivity contribution in [3.63, 3.8) is 0 Å². The second-order valence-electron chi connectivity index (χ2n) is 2.46. The largest absolute Gasteiger partial charge is 1.00 e. The first-order chi connectivity index (χ1) is 4.27. The van der Waals surface area contributed by atoms with E-state index < -0.39 is 0 Å². The Balaban J connectivity index is 0.000000810. The van der Waals surface area contributed by atoms with E-state index in [1.165, 1.54) is 6.42 Å². The van der Waals surface area contributed by atoms with Gasteiger partial charge in [0.2, 0.25) is 0 Å². The van der Waals surface area contributed by atoms with Gasteiger partial charge in [-0.25, -0.2) is 0 Å². The Hall–Kier alpha value is 1.91. The van der Waals surface area contributed by atoms with Crippen LogP contribution in [0.5, 0.6) is 0 Å². The molecule has 1 aliphatic rings. The summed E-state index contributed by atoms with van der Waals surface area (Å²) in [7, 11) is 1.69. The Labute approximate surface area is 110 Å². The van der Waals surface area contributed by atoms with Gasteiger partial charge in [0.05, 0.1) is 0 Å². The van der Waals surface area contributed by atoms with Crippen LogP contribution in [0.3, 0.4) is 0 Å². The molecular formula is C6H12KNOS. The van der Waals surface area contributed by atoms with E-state index >= 15 is 0 Å². The summed E-state index contributed by atoms with van der Waals surface area (Å²) in [6, 6.07) is 0. The van der Waals surface area contributed by atoms with Gasteiger partial charge in [-0.3, -0.25) is 0 Å². The van der Waals surface area contributed by atoms with Crippen molar-refractivity contribution in [1.82, 2.24) is 5.32 Å². The molecule has 1 rings (SSSR count). The van der Waals surface area contributed by atoms with E-state index in [4.69, 9.17) is 17.4 Å². The predicted molar refractivity (Wildman–Crippen MR) is 39.2 cm³/mol. The molecule has 1 heterocycles. The molecule has 1 fully saturated rings. The first-order valence-electron chi connectivity index (χ1n) is 3.21. The average Bonchev–Trinajstić information content (AvgIpc) is 2.16. The molecule has 1 N–H and O–H groups in total. The Morgan fingerprint density at radius 2 is 2.40 bits per heavy atom. The fraction of sp³-hybridized carbons (Fsp3) is 1.00. The molecule has 1 aliphatic heterocycles. The van der Waals surface area contributed by atoms with Crippen molar-refractivity contribution in [1.29, 1.82) is 0 Å². The maximum atomic E-state index is 5.23. The Morgan fingerprint density at radius 1 is 1.70 bits per heavy atom. The molecule has 0 bridgehead atoms. The summed E-state index contributed by atoms with van der Waals surface area (Å²) in [5, 5.41) is 3.22. The van der Waals surface area contributed by atoms with Gasteiger partial charge in [0.15, 0.2) is 0 Å². The third-order valence-corrected chi connectivity index (χ3v) is 2.05. The van der Waals surface area contributed by atoms with Crippen molar-refractivity contribution in [3.05, 3.63) is 0 Å². The normalized spacial score (nSPS) is 31.8. The summed E-state index contributed by atoms with van der Waals surface area (Å²) in [5.41, 5.74) is 0. The van der Waals surface area contributed by atoms with Gasteiger partial charge in [0, 0.05) is 13.7 Å². The second kappa shape index (κ2) is 5.53. The number of hydrogen-bond donors (Lipinski definition) is 1. The average molecular weight is 185 g/mol. The molecule has 0 unspecified atom stereocenters. The molecule has 0 aromatic carbocycles. The zero-order chi connectivity index (χ0) is 6.74. The van der Waals surface area contributed by atoms with Crippen LogP contribution in [-0.2, 0) is 17.4 Å². The first-order valence-corrected chi connectivity index (χ1v) is 3.62. The van der Waals surface area contributed by atoms with E-state index in [-0.39, 0.29) is 56.3 Å². The first kappa shape index (κ1) is 11.9. The Bertz CT molecular complexity index is 95.7. The van der Waals surface area contributed by atoms with Crippen molar-refractivity contribution in [3.8, 4) is 0 Å². The standard InChI is InChI=1S/C6H13NOS.K/c1-8-5-6(9)3-2-4-7-6;/h7,9H,2-5H2,1H3;/q;+1/p-1/t6-;/m1./s1. The molecule has 54 valence electrons. The van der Waals surface area contributed by atoms with Crippen LogP contribution in [0.4, 0.5) is 0 Å². The van der Waals surface area contributed by atoms with Crippen molar-refractivity contribution >= 4 is 12.6 Å². The quantitative estimate of drug-likeness (QED) is 0.373.